The van der Waals surface area contributed by atoms with E-state index in [0.29, 0.717) is 0 Å². The van der Waals surface area contributed by atoms with Crippen LogP contribution in [0.1, 0.15) is 29.5 Å². The van der Waals surface area contributed by atoms with Crippen molar-refractivity contribution < 1.29 is 5.11 Å². The van der Waals surface area contributed by atoms with Crippen LogP contribution in [0.5, 0.6) is 0 Å². The van der Waals surface area contributed by atoms with E-state index in [9.17, 15) is 5.11 Å². The van der Waals surface area contributed by atoms with Crippen LogP contribution in [0, 0.1) is 6.92 Å². The highest BCUT2D eigenvalue weighted by Gasteiger charge is 2.06. The zero-order valence-corrected chi connectivity index (χ0v) is 11.7. The maximum Gasteiger partial charge on any atom is 0.0546 e. The lowest BCUT2D eigenvalue weighted by Gasteiger charge is -2.09. The van der Waals surface area contributed by atoms with E-state index in [1.54, 1.807) is 4.68 Å². The number of aliphatic hydroxyl groups excluding tert-OH is 1. The van der Waals surface area contributed by atoms with E-state index in [1.807, 2.05) is 19.4 Å². The van der Waals surface area contributed by atoms with Crippen LogP contribution in [-0.2, 0) is 19.9 Å². The number of aryl methyl sites for hydroxylation is 4. The second kappa shape index (κ2) is 6.53. The van der Waals surface area contributed by atoms with E-state index < -0.39 is 0 Å². The molecule has 0 radical (unpaired) electrons. The molecule has 1 aromatic heterocycles. The fourth-order valence-electron chi connectivity index (χ4n) is 2.17. The summed E-state index contributed by atoms with van der Waals surface area (Å²) in [5.74, 6) is 0. The molecule has 0 bridgehead atoms. The van der Waals surface area contributed by atoms with E-state index in [4.69, 9.17) is 0 Å². The van der Waals surface area contributed by atoms with Gasteiger partial charge in [0.1, 0.15) is 0 Å². The van der Waals surface area contributed by atoms with Gasteiger partial charge in [0.15, 0.2) is 0 Å². The third-order valence-electron chi connectivity index (χ3n) is 3.41. The van der Waals surface area contributed by atoms with Gasteiger partial charge in [-0.1, -0.05) is 29.8 Å². The SMILES string of the molecule is Cc1ccc(CCC(O)CCc2cnn(C)c2)cc1. The second-order valence-electron chi connectivity index (χ2n) is 5.24. The first-order chi connectivity index (χ1) is 9.13. The van der Waals surface area contributed by atoms with E-state index in [0.717, 1.165) is 25.7 Å². The number of nitrogens with zero attached hydrogens (tertiary/aromatic N) is 2. The highest BCUT2D eigenvalue weighted by molar-refractivity contribution is 5.21. The molecule has 2 aromatic rings. The van der Waals surface area contributed by atoms with Crippen molar-refractivity contribution in [2.24, 2.45) is 7.05 Å². The molecule has 0 amide bonds. The average Bonchev–Trinajstić information content (AvgIpc) is 2.81. The lowest BCUT2D eigenvalue weighted by Crippen LogP contribution is -2.09. The summed E-state index contributed by atoms with van der Waals surface area (Å²) in [7, 11) is 1.91. The molecule has 1 N–H and O–H groups in total. The summed E-state index contributed by atoms with van der Waals surface area (Å²) in [6, 6.07) is 8.53. The van der Waals surface area contributed by atoms with Crippen LogP contribution >= 0.6 is 0 Å². The molecule has 19 heavy (non-hydrogen) atoms. The standard InChI is InChI=1S/C16H22N2O/c1-13-3-5-14(6-4-13)7-9-16(19)10-8-15-11-17-18(2)12-15/h3-6,11-12,16,19H,7-10H2,1-2H3. The van der Waals surface area contributed by atoms with Crippen LogP contribution in [0.2, 0.25) is 0 Å². The molecule has 2 rings (SSSR count). The van der Waals surface area contributed by atoms with Crippen molar-refractivity contribution in [3.63, 3.8) is 0 Å². The van der Waals surface area contributed by atoms with Crippen LogP contribution in [0.3, 0.4) is 0 Å². The third-order valence-corrected chi connectivity index (χ3v) is 3.41. The Hall–Kier alpha value is -1.61. The molecule has 0 saturated heterocycles. The minimum Gasteiger partial charge on any atom is -0.393 e. The predicted molar refractivity (Wildman–Crippen MR) is 77.0 cm³/mol. The summed E-state index contributed by atoms with van der Waals surface area (Å²) in [6.45, 7) is 2.09. The molecule has 1 aromatic carbocycles. The first kappa shape index (κ1) is 13.8. The van der Waals surface area contributed by atoms with E-state index in [1.165, 1.54) is 16.7 Å². The van der Waals surface area contributed by atoms with Gasteiger partial charge in [-0.05, 0) is 43.7 Å². The van der Waals surface area contributed by atoms with Crippen molar-refractivity contribution >= 4 is 0 Å². The van der Waals surface area contributed by atoms with Crippen LogP contribution in [0.15, 0.2) is 36.7 Å². The predicted octanol–water partition coefficient (Wildman–Crippen LogP) is 2.65. The third kappa shape index (κ3) is 4.52. The van der Waals surface area contributed by atoms with Crippen molar-refractivity contribution in [3.05, 3.63) is 53.3 Å². The molecule has 1 unspecified atom stereocenters. The molecule has 1 heterocycles. The van der Waals surface area contributed by atoms with Gasteiger partial charge < -0.3 is 5.11 Å². The molecule has 0 aliphatic rings. The van der Waals surface area contributed by atoms with E-state index in [-0.39, 0.29) is 6.10 Å². The van der Waals surface area contributed by atoms with Gasteiger partial charge in [0.2, 0.25) is 0 Å². The number of hydrogen-bond acceptors (Lipinski definition) is 2. The zero-order valence-electron chi connectivity index (χ0n) is 11.7. The van der Waals surface area contributed by atoms with Gasteiger partial charge in [-0.3, -0.25) is 4.68 Å². The maximum atomic E-state index is 10.0. The summed E-state index contributed by atoms with van der Waals surface area (Å²) >= 11 is 0. The summed E-state index contributed by atoms with van der Waals surface area (Å²) in [6.07, 6.45) is 7.10. The first-order valence-electron chi connectivity index (χ1n) is 6.84. The molecule has 3 nitrogen and oxygen atoms in total. The molecule has 0 fully saturated rings. The van der Waals surface area contributed by atoms with Crippen molar-refractivity contribution in [1.82, 2.24) is 9.78 Å². The zero-order chi connectivity index (χ0) is 13.7. The Labute approximate surface area is 114 Å². The Balaban J connectivity index is 1.72. The average molecular weight is 258 g/mol. The summed E-state index contributed by atoms with van der Waals surface area (Å²) in [5.41, 5.74) is 3.77. The Bertz CT molecular complexity index is 502. The molecule has 0 saturated carbocycles. The van der Waals surface area contributed by atoms with Gasteiger partial charge in [-0.2, -0.15) is 5.10 Å². The van der Waals surface area contributed by atoms with Gasteiger partial charge in [0.25, 0.3) is 0 Å². The molecule has 3 heteroatoms. The van der Waals surface area contributed by atoms with Crippen LogP contribution in [0.4, 0.5) is 0 Å². The molecule has 1 atom stereocenters. The number of benzene rings is 1. The van der Waals surface area contributed by atoms with Crippen LogP contribution in [-0.4, -0.2) is 21.0 Å². The smallest absolute Gasteiger partial charge is 0.0546 e. The molecule has 0 aliphatic heterocycles. The maximum absolute atomic E-state index is 10.0. The monoisotopic (exact) mass is 258 g/mol. The van der Waals surface area contributed by atoms with Gasteiger partial charge >= 0.3 is 0 Å². The molecular weight excluding hydrogens is 236 g/mol. The Morgan fingerprint density at radius 2 is 1.74 bits per heavy atom. The molecule has 0 spiro atoms. The number of aromatic nitrogens is 2. The molecular formula is C16H22N2O. The minimum absolute atomic E-state index is 0.235. The second-order valence-corrected chi connectivity index (χ2v) is 5.24. The van der Waals surface area contributed by atoms with Crippen molar-refractivity contribution in [2.45, 2.75) is 38.7 Å². The number of rotatable bonds is 6. The largest absolute Gasteiger partial charge is 0.393 e. The van der Waals surface area contributed by atoms with Crippen LogP contribution < -0.4 is 0 Å². The van der Waals surface area contributed by atoms with Gasteiger partial charge in [0, 0.05) is 13.2 Å². The summed E-state index contributed by atoms with van der Waals surface area (Å²) in [4.78, 5) is 0. The normalized spacial score (nSPS) is 12.6. The lowest BCUT2D eigenvalue weighted by atomic mass is 10.0. The Morgan fingerprint density at radius 3 is 2.32 bits per heavy atom. The van der Waals surface area contributed by atoms with E-state index >= 15 is 0 Å². The topological polar surface area (TPSA) is 38.1 Å². The van der Waals surface area contributed by atoms with Crippen LogP contribution in [0.25, 0.3) is 0 Å². The van der Waals surface area contributed by atoms with Crippen molar-refractivity contribution in [1.29, 1.82) is 0 Å². The highest BCUT2D eigenvalue weighted by Crippen LogP contribution is 2.11. The summed E-state index contributed by atoms with van der Waals surface area (Å²) < 4.78 is 1.80. The fraction of sp³-hybridized carbons (Fsp3) is 0.438. The van der Waals surface area contributed by atoms with Gasteiger partial charge in [0.05, 0.1) is 12.3 Å². The minimum atomic E-state index is -0.235. The van der Waals surface area contributed by atoms with Crippen molar-refractivity contribution in [3.8, 4) is 0 Å². The van der Waals surface area contributed by atoms with Crippen molar-refractivity contribution in [2.75, 3.05) is 0 Å². The van der Waals surface area contributed by atoms with Gasteiger partial charge in [-0.25, -0.2) is 0 Å². The van der Waals surface area contributed by atoms with Gasteiger partial charge in [-0.15, -0.1) is 0 Å². The molecule has 102 valence electrons. The number of aliphatic hydroxyl groups is 1. The quantitative estimate of drug-likeness (QED) is 0.865. The fourth-order valence-corrected chi connectivity index (χ4v) is 2.17. The lowest BCUT2D eigenvalue weighted by molar-refractivity contribution is 0.155. The number of hydrogen-bond donors (Lipinski definition) is 1. The molecule has 0 aliphatic carbocycles. The van der Waals surface area contributed by atoms with E-state index in [2.05, 4.69) is 36.3 Å². The highest BCUT2D eigenvalue weighted by atomic mass is 16.3. The Kier molecular flexibility index (Phi) is 4.74. The first-order valence-corrected chi connectivity index (χ1v) is 6.84. The Morgan fingerprint density at radius 1 is 1.11 bits per heavy atom. The summed E-state index contributed by atoms with van der Waals surface area (Å²) in [5, 5.41) is 14.1.